The molecule has 0 aliphatic heterocycles. The van der Waals surface area contributed by atoms with Crippen LogP contribution in [0.1, 0.15) is 5.56 Å². The number of nitro groups is 1. The fourth-order valence-electron chi connectivity index (χ4n) is 1.28. The van der Waals surface area contributed by atoms with Gasteiger partial charge in [-0.05, 0) is 0 Å². The summed E-state index contributed by atoms with van der Waals surface area (Å²) in [6.07, 6.45) is -4.59. The molecule has 1 atom stereocenters. The van der Waals surface area contributed by atoms with Gasteiger partial charge in [0.15, 0.2) is 0 Å². The van der Waals surface area contributed by atoms with Crippen molar-refractivity contribution in [3.8, 4) is 0 Å². The molecule has 2 N–H and O–H groups in total. The highest BCUT2D eigenvalue weighted by Crippen LogP contribution is 2.17. The maximum atomic E-state index is 12.0. The number of nitrogens with one attached hydrogen (secondary N) is 1. The van der Waals surface area contributed by atoms with Crippen molar-refractivity contribution in [1.82, 2.24) is 5.32 Å². The van der Waals surface area contributed by atoms with Crippen LogP contribution in [0.15, 0.2) is 24.3 Å². The van der Waals surface area contributed by atoms with Gasteiger partial charge in [-0.1, -0.05) is 18.2 Å². The van der Waals surface area contributed by atoms with E-state index in [0.29, 0.717) is 5.56 Å². The molecule has 0 fully saturated rings. The van der Waals surface area contributed by atoms with Gasteiger partial charge in [0, 0.05) is 24.7 Å². The van der Waals surface area contributed by atoms with Crippen LogP contribution < -0.4 is 5.32 Å². The van der Waals surface area contributed by atoms with Crippen molar-refractivity contribution in [2.75, 3.05) is 6.54 Å². The zero-order chi connectivity index (χ0) is 12.8. The monoisotopic (exact) mass is 246 g/mol. The first-order valence-electron chi connectivity index (χ1n) is 4.91. The van der Waals surface area contributed by atoms with Crippen LogP contribution in [0, 0.1) is 10.1 Å². The van der Waals surface area contributed by atoms with Gasteiger partial charge in [0.2, 0.25) is 0 Å². The van der Waals surface area contributed by atoms with Crippen molar-refractivity contribution in [3.63, 3.8) is 0 Å². The number of hydrogen-bond acceptors (Lipinski definition) is 4. The van der Waals surface area contributed by atoms with Gasteiger partial charge in [0.05, 0.1) is 4.92 Å². The maximum Gasteiger partial charge on any atom is 0.273 e. The van der Waals surface area contributed by atoms with Crippen LogP contribution in [0.5, 0.6) is 0 Å². The van der Waals surface area contributed by atoms with E-state index in [1.165, 1.54) is 18.2 Å². The summed E-state index contributed by atoms with van der Waals surface area (Å²) in [4.78, 5) is 10.1. The number of alkyl halides is 2. The maximum absolute atomic E-state index is 12.0. The number of benzene rings is 1. The molecule has 17 heavy (non-hydrogen) atoms. The van der Waals surface area contributed by atoms with Gasteiger partial charge in [-0.2, -0.15) is 0 Å². The minimum absolute atomic E-state index is 0.0565. The Morgan fingerprint density at radius 2 is 2.06 bits per heavy atom. The van der Waals surface area contributed by atoms with Gasteiger partial charge in [-0.3, -0.25) is 10.1 Å². The van der Waals surface area contributed by atoms with E-state index in [4.69, 9.17) is 5.11 Å². The Morgan fingerprint density at radius 3 is 2.65 bits per heavy atom. The predicted octanol–water partition coefficient (Wildman–Crippen LogP) is 1.31. The third-order valence-electron chi connectivity index (χ3n) is 2.15. The summed E-state index contributed by atoms with van der Waals surface area (Å²) in [5.74, 6) is 0. The van der Waals surface area contributed by atoms with Gasteiger partial charge in [-0.15, -0.1) is 0 Å². The summed E-state index contributed by atoms with van der Waals surface area (Å²) in [5, 5.41) is 22.0. The van der Waals surface area contributed by atoms with Crippen molar-refractivity contribution in [3.05, 3.63) is 39.9 Å². The van der Waals surface area contributed by atoms with E-state index in [1.54, 1.807) is 6.07 Å². The topological polar surface area (TPSA) is 75.4 Å². The van der Waals surface area contributed by atoms with Crippen molar-refractivity contribution >= 4 is 5.69 Å². The fourth-order valence-corrected chi connectivity index (χ4v) is 1.28. The fraction of sp³-hybridized carbons (Fsp3) is 0.400. The number of halogens is 2. The molecule has 0 radical (unpaired) electrons. The number of aliphatic hydroxyl groups is 1. The second-order valence-corrected chi connectivity index (χ2v) is 3.42. The second kappa shape index (κ2) is 6.21. The molecule has 94 valence electrons. The Balaban J connectivity index is 2.55. The highest BCUT2D eigenvalue weighted by atomic mass is 19.3. The molecule has 0 amide bonds. The molecule has 0 aromatic heterocycles. The summed E-state index contributed by atoms with van der Waals surface area (Å²) < 4.78 is 23.9. The highest BCUT2D eigenvalue weighted by molar-refractivity contribution is 5.39. The zero-order valence-corrected chi connectivity index (χ0v) is 8.85. The summed E-state index contributed by atoms with van der Waals surface area (Å²) in [6.45, 7) is -0.259. The van der Waals surface area contributed by atoms with Crippen LogP contribution in [0.4, 0.5) is 14.5 Å². The molecule has 0 aliphatic rings. The number of rotatable bonds is 6. The number of aliphatic hydroxyl groups excluding tert-OH is 1. The average molecular weight is 246 g/mol. The summed E-state index contributed by atoms with van der Waals surface area (Å²) in [5.41, 5.74) is 0.311. The Kier molecular flexibility index (Phi) is 4.92. The quantitative estimate of drug-likeness (QED) is 0.586. The normalized spacial score (nSPS) is 12.7. The minimum atomic E-state index is -2.83. The third-order valence-corrected chi connectivity index (χ3v) is 2.15. The van der Waals surface area contributed by atoms with Crippen LogP contribution in [0.3, 0.4) is 0 Å². The van der Waals surface area contributed by atoms with Crippen LogP contribution in [-0.4, -0.2) is 29.1 Å². The van der Waals surface area contributed by atoms with E-state index in [-0.39, 0.29) is 18.8 Å². The zero-order valence-electron chi connectivity index (χ0n) is 8.85. The van der Waals surface area contributed by atoms with Gasteiger partial charge < -0.3 is 10.4 Å². The Hall–Kier alpha value is -1.60. The average Bonchev–Trinajstić information content (AvgIpc) is 2.29. The van der Waals surface area contributed by atoms with E-state index < -0.39 is 17.5 Å². The van der Waals surface area contributed by atoms with Crippen molar-refractivity contribution in [2.24, 2.45) is 0 Å². The summed E-state index contributed by atoms with van der Waals surface area (Å²) in [6, 6.07) is 6.00. The smallest absolute Gasteiger partial charge is 0.273 e. The molecule has 0 spiro atoms. The number of nitrogens with zero attached hydrogens (tertiary/aromatic N) is 1. The molecule has 1 unspecified atom stereocenters. The first-order chi connectivity index (χ1) is 8.02. The number of para-hydroxylation sites is 1. The summed E-state index contributed by atoms with van der Waals surface area (Å²) in [7, 11) is 0. The Morgan fingerprint density at radius 1 is 1.41 bits per heavy atom. The lowest BCUT2D eigenvalue weighted by Crippen LogP contribution is -2.31. The second-order valence-electron chi connectivity index (χ2n) is 3.42. The predicted molar refractivity (Wildman–Crippen MR) is 56.8 cm³/mol. The number of hydrogen-bond donors (Lipinski definition) is 2. The minimum Gasteiger partial charge on any atom is -0.386 e. The Labute approximate surface area is 96.2 Å². The molecule has 1 aromatic rings. The van der Waals surface area contributed by atoms with Crippen molar-refractivity contribution < 1.29 is 18.8 Å². The van der Waals surface area contributed by atoms with E-state index >= 15 is 0 Å². The molecule has 1 rings (SSSR count). The van der Waals surface area contributed by atoms with Crippen LogP contribution >= 0.6 is 0 Å². The first kappa shape index (κ1) is 13.5. The highest BCUT2D eigenvalue weighted by Gasteiger charge is 2.17. The van der Waals surface area contributed by atoms with Gasteiger partial charge >= 0.3 is 0 Å². The lowest BCUT2D eigenvalue weighted by molar-refractivity contribution is -0.385. The Bertz CT molecular complexity index is 388. The molecular formula is C10H12F2N2O3. The molecular weight excluding hydrogens is 234 g/mol. The molecule has 0 aliphatic carbocycles. The van der Waals surface area contributed by atoms with Gasteiger partial charge in [-0.25, -0.2) is 8.78 Å². The largest absolute Gasteiger partial charge is 0.386 e. The SMILES string of the molecule is O=[N+]([O-])c1ccccc1CNCC(O)C(F)F. The molecule has 5 nitrogen and oxygen atoms in total. The van der Waals surface area contributed by atoms with Crippen molar-refractivity contribution in [2.45, 2.75) is 19.1 Å². The van der Waals surface area contributed by atoms with Gasteiger partial charge in [0.25, 0.3) is 12.1 Å². The lowest BCUT2D eigenvalue weighted by atomic mass is 10.2. The van der Waals surface area contributed by atoms with Crippen LogP contribution in [0.2, 0.25) is 0 Å². The van der Waals surface area contributed by atoms with Gasteiger partial charge in [0.1, 0.15) is 6.10 Å². The molecule has 1 aromatic carbocycles. The molecule has 0 heterocycles. The van der Waals surface area contributed by atoms with E-state index in [1.807, 2.05) is 0 Å². The molecule has 7 heteroatoms. The van der Waals surface area contributed by atoms with Crippen molar-refractivity contribution in [1.29, 1.82) is 0 Å². The number of nitro benzene ring substituents is 1. The molecule has 0 saturated heterocycles. The standard InChI is InChI=1S/C10H12F2N2O3/c11-10(12)9(15)6-13-5-7-3-1-2-4-8(7)14(16)17/h1-4,9-10,13,15H,5-6H2. The third kappa shape index (κ3) is 4.04. The van der Waals surface area contributed by atoms with Crippen LogP contribution in [-0.2, 0) is 6.54 Å². The van der Waals surface area contributed by atoms with Crippen LogP contribution in [0.25, 0.3) is 0 Å². The molecule has 0 saturated carbocycles. The molecule has 0 bridgehead atoms. The van der Waals surface area contributed by atoms with E-state index in [9.17, 15) is 18.9 Å². The first-order valence-corrected chi connectivity index (χ1v) is 4.91. The van der Waals surface area contributed by atoms with E-state index in [2.05, 4.69) is 5.32 Å². The van der Waals surface area contributed by atoms with E-state index in [0.717, 1.165) is 0 Å². The lowest BCUT2D eigenvalue weighted by Gasteiger charge is -2.10. The summed E-state index contributed by atoms with van der Waals surface area (Å²) >= 11 is 0.